The summed E-state index contributed by atoms with van der Waals surface area (Å²) in [4.78, 5) is 1.24. The lowest BCUT2D eigenvalue weighted by Crippen LogP contribution is -2.14. The van der Waals surface area contributed by atoms with E-state index >= 15 is 0 Å². The van der Waals surface area contributed by atoms with Gasteiger partial charge in [-0.05, 0) is 29.7 Å². The summed E-state index contributed by atoms with van der Waals surface area (Å²) in [5, 5.41) is 2.19. The predicted molar refractivity (Wildman–Crippen MR) is 72.7 cm³/mol. The molecular formula is C13H16SSi. The Balaban J connectivity index is 2.60. The smallest absolute Gasteiger partial charge is 0.0693 e. The van der Waals surface area contributed by atoms with Crippen molar-refractivity contribution < 1.29 is 0 Å². The highest BCUT2D eigenvalue weighted by atomic mass is 32.2. The van der Waals surface area contributed by atoms with Crippen molar-refractivity contribution >= 4 is 19.8 Å². The molecule has 1 rings (SSSR count). The summed E-state index contributed by atoms with van der Waals surface area (Å²) in [6, 6.07) is 8.08. The monoisotopic (exact) mass is 232 g/mol. The molecular weight excluding hydrogens is 216 g/mol. The lowest BCUT2D eigenvalue weighted by Gasteiger charge is -2.07. The van der Waals surface area contributed by atoms with Gasteiger partial charge in [-0.15, -0.1) is 6.42 Å². The molecule has 0 spiro atoms. The second-order valence-electron chi connectivity index (χ2n) is 4.46. The number of hydrogen-bond donors (Lipinski definition) is 0. The van der Waals surface area contributed by atoms with Crippen LogP contribution in [0.5, 0.6) is 0 Å². The average molecular weight is 232 g/mol. The molecule has 0 unspecified atom stereocenters. The highest BCUT2D eigenvalue weighted by Gasteiger charge is 2.06. The minimum atomic E-state index is -1.06. The van der Waals surface area contributed by atoms with Crippen molar-refractivity contribution in [2.75, 3.05) is 0 Å². The molecule has 0 amide bonds. The quantitative estimate of drug-likeness (QED) is 0.428. The van der Waals surface area contributed by atoms with Gasteiger partial charge in [0.25, 0.3) is 0 Å². The van der Waals surface area contributed by atoms with E-state index in [4.69, 9.17) is 6.42 Å². The third-order valence-corrected chi connectivity index (χ3v) is 4.02. The highest BCUT2D eigenvalue weighted by Crippen LogP contribution is 2.20. The topological polar surface area (TPSA) is 0 Å². The maximum absolute atomic E-state index is 5.29. The summed E-state index contributed by atoms with van der Waals surface area (Å²) in [6.07, 6.45) is 5.29. The van der Waals surface area contributed by atoms with Gasteiger partial charge in [-0.25, -0.2) is 0 Å². The number of rotatable bonds is 3. The summed E-state index contributed by atoms with van der Waals surface area (Å²) < 4.78 is 0. The number of thioether (sulfide) groups is 1. The van der Waals surface area contributed by atoms with Crippen molar-refractivity contribution in [3.8, 4) is 12.3 Å². The van der Waals surface area contributed by atoms with Crippen LogP contribution < -0.4 is 0 Å². The molecule has 0 aliphatic heterocycles. The number of hydrogen-bond acceptors (Lipinski definition) is 1. The van der Waals surface area contributed by atoms with E-state index in [1.807, 2.05) is 12.1 Å². The highest BCUT2D eigenvalue weighted by molar-refractivity contribution is 8.02. The lowest BCUT2D eigenvalue weighted by molar-refractivity contribution is 1.45. The first-order valence-corrected chi connectivity index (χ1v) is 9.38. The van der Waals surface area contributed by atoms with Crippen LogP contribution >= 0.6 is 11.8 Å². The Hall–Kier alpha value is -0.913. The lowest BCUT2D eigenvalue weighted by atomic mass is 10.2. The molecule has 1 aromatic carbocycles. The van der Waals surface area contributed by atoms with E-state index < -0.39 is 8.07 Å². The van der Waals surface area contributed by atoms with Gasteiger partial charge < -0.3 is 0 Å². The van der Waals surface area contributed by atoms with Crippen molar-refractivity contribution in [1.82, 2.24) is 0 Å². The maximum atomic E-state index is 5.29. The Morgan fingerprint density at radius 3 is 2.27 bits per heavy atom. The summed E-state index contributed by atoms with van der Waals surface area (Å²) in [7, 11) is -1.06. The fourth-order valence-electron chi connectivity index (χ4n) is 0.946. The fourth-order valence-corrected chi connectivity index (χ4v) is 3.30. The normalized spacial score (nSPS) is 11.6. The second kappa shape index (κ2) is 5.25. The molecule has 0 radical (unpaired) electrons. The molecule has 78 valence electrons. The SMILES string of the molecule is C#Cc1ccc(S/C=C/[Si](C)(C)C)cc1. The molecule has 0 saturated carbocycles. The minimum absolute atomic E-state index is 0.938. The molecule has 0 heterocycles. The first-order chi connectivity index (χ1) is 7.01. The van der Waals surface area contributed by atoms with Crippen molar-refractivity contribution in [3.63, 3.8) is 0 Å². The third-order valence-electron chi connectivity index (χ3n) is 1.79. The van der Waals surface area contributed by atoms with Crippen LogP contribution in [0.4, 0.5) is 0 Å². The van der Waals surface area contributed by atoms with Crippen LogP contribution in [0.25, 0.3) is 0 Å². The van der Waals surface area contributed by atoms with E-state index in [1.54, 1.807) is 11.8 Å². The second-order valence-corrected chi connectivity index (χ2v) is 10.5. The standard InChI is InChI=1S/C13H16SSi/c1-5-12-6-8-13(9-7-12)14-10-11-15(2,3)4/h1,6-11H,2-4H3/b11-10+. The van der Waals surface area contributed by atoms with E-state index in [0.29, 0.717) is 0 Å². The first-order valence-electron chi connectivity index (χ1n) is 4.92. The molecule has 1 aromatic rings. The van der Waals surface area contributed by atoms with Crippen molar-refractivity contribution in [2.45, 2.75) is 24.5 Å². The van der Waals surface area contributed by atoms with Gasteiger partial charge >= 0.3 is 0 Å². The number of terminal acetylenes is 1. The Kier molecular flexibility index (Phi) is 4.25. The zero-order valence-electron chi connectivity index (χ0n) is 9.45. The molecule has 0 aliphatic carbocycles. The molecule has 0 N–H and O–H groups in total. The molecule has 2 heteroatoms. The van der Waals surface area contributed by atoms with Crippen LogP contribution in [0.3, 0.4) is 0 Å². The van der Waals surface area contributed by atoms with Crippen LogP contribution in [0.1, 0.15) is 5.56 Å². The molecule has 0 saturated heterocycles. The van der Waals surface area contributed by atoms with Gasteiger partial charge in [0, 0.05) is 10.5 Å². The van der Waals surface area contributed by atoms with Crippen LogP contribution in [0, 0.1) is 12.3 Å². The summed E-state index contributed by atoms with van der Waals surface area (Å²) in [5.74, 6) is 2.61. The van der Waals surface area contributed by atoms with E-state index in [2.05, 4.69) is 48.8 Å². The van der Waals surface area contributed by atoms with Crippen LogP contribution in [0.15, 0.2) is 40.3 Å². The summed E-state index contributed by atoms with van der Waals surface area (Å²) in [6.45, 7) is 6.97. The molecule has 0 fully saturated rings. The Bertz CT molecular complexity index is 376. The van der Waals surface area contributed by atoms with Gasteiger partial charge in [-0.2, -0.15) is 0 Å². The Labute approximate surface area is 97.8 Å². The molecule has 0 aromatic heterocycles. The molecule has 0 atom stereocenters. The molecule has 0 aliphatic rings. The van der Waals surface area contributed by atoms with Crippen molar-refractivity contribution in [2.24, 2.45) is 0 Å². The largest absolute Gasteiger partial charge is 0.115 e. The fraction of sp³-hybridized carbons (Fsp3) is 0.231. The van der Waals surface area contributed by atoms with E-state index in [9.17, 15) is 0 Å². The van der Waals surface area contributed by atoms with Crippen LogP contribution in [-0.4, -0.2) is 8.07 Å². The predicted octanol–water partition coefficient (Wildman–Crippen LogP) is 4.15. The van der Waals surface area contributed by atoms with Crippen LogP contribution in [-0.2, 0) is 0 Å². The Morgan fingerprint density at radius 1 is 1.20 bits per heavy atom. The molecule has 0 nitrogen and oxygen atoms in total. The van der Waals surface area contributed by atoms with Gasteiger partial charge in [0.1, 0.15) is 0 Å². The van der Waals surface area contributed by atoms with Gasteiger partial charge in [-0.1, -0.05) is 43.0 Å². The van der Waals surface area contributed by atoms with E-state index in [0.717, 1.165) is 5.56 Å². The van der Waals surface area contributed by atoms with E-state index in [1.165, 1.54) is 4.90 Å². The summed E-state index contributed by atoms with van der Waals surface area (Å²) in [5.41, 5.74) is 3.28. The molecule has 0 bridgehead atoms. The van der Waals surface area contributed by atoms with Gasteiger partial charge in [0.2, 0.25) is 0 Å². The third kappa shape index (κ3) is 4.92. The van der Waals surface area contributed by atoms with E-state index in [-0.39, 0.29) is 0 Å². The molecule has 15 heavy (non-hydrogen) atoms. The van der Waals surface area contributed by atoms with Crippen molar-refractivity contribution in [3.05, 3.63) is 40.9 Å². The van der Waals surface area contributed by atoms with Gasteiger partial charge in [0.15, 0.2) is 0 Å². The number of benzene rings is 1. The Morgan fingerprint density at radius 2 is 1.80 bits per heavy atom. The van der Waals surface area contributed by atoms with Crippen LogP contribution in [0.2, 0.25) is 19.6 Å². The zero-order valence-corrected chi connectivity index (χ0v) is 11.3. The first kappa shape index (κ1) is 12.2. The van der Waals surface area contributed by atoms with Gasteiger partial charge in [-0.3, -0.25) is 0 Å². The van der Waals surface area contributed by atoms with Crippen molar-refractivity contribution in [1.29, 1.82) is 0 Å². The average Bonchev–Trinajstić information content (AvgIpc) is 2.17. The summed E-state index contributed by atoms with van der Waals surface area (Å²) >= 11 is 1.75. The maximum Gasteiger partial charge on any atom is 0.0693 e. The minimum Gasteiger partial charge on any atom is -0.115 e. The zero-order chi connectivity index (χ0) is 11.3. The van der Waals surface area contributed by atoms with Gasteiger partial charge in [0.05, 0.1) is 8.07 Å².